The minimum Gasteiger partial charge on any atom is -0.493 e. The Hall–Kier alpha value is -1.44. The Balaban J connectivity index is 2.17. The fourth-order valence-corrected chi connectivity index (χ4v) is 2.66. The fraction of sp³-hybridized carbons (Fsp3) is 0.529. The van der Waals surface area contributed by atoms with Crippen molar-refractivity contribution >= 4 is 5.76 Å². The van der Waals surface area contributed by atoms with Gasteiger partial charge in [0, 0.05) is 12.0 Å². The van der Waals surface area contributed by atoms with E-state index in [0.29, 0.717) is 6.10 Å². The summed E-state index contributed by atoms with van der Waals surface area (Å²) in [5.74, 6) is 1.87. The molecule has 0 aromatic heterocycles. The second kappa shape index (κ2) is 7.22. The minimum absolute atomic E-state index is 0.373. The summed E-state index contributed by atoms with van der Waals surface area (Å²) < 4.78 is 11.8. The van der Waals surface area contributed by atoms with Gasteiger partial charge in [-0.25, -0.2) is 0 Å². The molecule has 2 rings (SSSR count). The van der Waals surface area contributed by atoms with E-state index in [9.17, 15) is 0 Å². The molecular weight excluding hydrogens is 236 g/mol. The number of methoxy groups -OCH3 is 1. The van der Waals surface area contributed by atoms with E-state index in [1.165, 1.54) is 32.1 Å². The van der Waals surface area contributed by atoms with Gasteiger partial charge < -0.3 is 9.47 Å². The van der Waals surface area contributed by atoms with E-state index in [1.807, 2.05) is 18.2 Å². The van der Waals surface area contributed by atoms with Crippen molar-refractivity contribution in [2.75, 3.05) is 7.11 Å². The average Bonchev–Trinajstić information content (AvgIpc) is 2.49. The summed E-state index contributed by atoms with van der Waals surface area (Å²) in [6.07, 6.45) is 7.52. The molecule has 19 heavy (non-hydrogen) atoms. The van der Waals surface area contributed by atoms with Crippen molar-refractivity contribution < 1.29 is 9.47 Å². The highest BCUT2D eigenvalue weighted by molar-refractivity contribution is 5.61. The maximum atomic E-state index is 6.20. The Morgan fingerprint density at radius 2 is 1.79 bits per heavy atom. The Kier molecular flexibility index (Phi) is 5.31. The number of hydrogen-bond acceptors (Lipinski definition) is 2. The van der Waals surface area contributed by atoms with Crippen molar-refractivity contribution in [3.63, 3.8) is 0 Å². The predicted octanol–water partition coefficient (Wildman–Crippen LogP) is 4.76. The van der Waals surface area contributed by atoms with Gasteiger partial charge in [0.05, 0.1) is 13.2 Å². The SMILES string of the molecule is CCC(OC1CCCCC1)=C(OC)c1ccccc1. The molecule has 0 atom stereocenters. The molecule has 1 fully saturated rings. The van der Waals surface area contributed by atoms with Crippen molar-refractivity contribution in [1.29, 1.82) is 0 Å². The molecule has 1 aromatic rings. The number of rotatable bonds is 5. The lowest BCUT2D eigenvalue weighted by molar-refractivity contribution is 0.0746. The molecule has 1 aliphatic rings. The Morgan fingerprint density at radius 1 is 1.11 bits per heavy atom. The summed E-state index contributed by atoms with van der Waals surface area (Å²) in [6.45, 7) is 2.13. The highest BCUT2D eigenvalue weighted by Gasteiger charge is 2.18. The molecule has 0 saturated heterocycles. The first-order chi connectivity index (χ1) is 9.35. The van der Waals surface area contributed by atoms with Gasteiger partial charge in [0.15, 0.2) is 5.76 Å². The lowest BCUT2D eigenvalue weighted by Gasteiger charge is -2.25. The first kappa shape index (κ1) is 14.0. The molecular formula is C17H24O2. The van der Waals surface area contributed by atoms with Crippen LogP contribution in [0, 0.1) is 0 Å². The first-order valence-electron chi connectivity index (χ1n) is 7.34. The number of hydrogen-bond donors (Lipinski definition) is 0. The number of benzene rings is 1. The van der Waals surface area contributed by atoms with E-state index in [0.717, 1.165) is 23.5 Å². The lowest BCUT2D eigenvalue weighted by Crippen LogP contribution is -2.17. The highest BCUT2D eigenvalue weighted by Crippen LogP contribution is 2.28. The molecule has 0 spiro atoms. The van der Waals surface area contributed by atoms with Gasteiger partial charge in [-0.2, -0.15) is 0 Å². The van der Waals surface area contributed by atoms with Crippen LogP contribution in [0.15, 0.2) is 36.1 Å². The van der Waals surface area contributed by atoms with Crippen LogP contribution in [0.1, 0.15) is 51.0 Å². The van der Waals surface area contributed by atoms with Gasteiger partial charge in [0.1, 0.15) is 5.76 Å². The summed E-state index contributed by atoms with van der Waals surface area (Å²) in [4.78, 5) is 0. The molecule has 1 aliphatic carbocycles. The fourth-order valence-electron chi connectivity index (χ4n) is 2.66. The molecule has 104 valence electrons. The van der Waals surface area contributed by atoms with Crippen molar-refractivity contribution in [3.8, 4) is 0 Å². The molecule has 1 aromatic carbocycles. The molecule has 1 saturated carbocycles. The quantitative estimate of drug-likeness (QED) is 0.710. The average molecular weight is 260 g/mol. The highest BCUT2D eigenvalue weighted by atomic mass is 16.5. The molecule has 0 amide bonds. The normalized spacial score (nSPS) is 17.8. The van der Waals surface area contributed by atoms with E-state index in [2.05, 4.69) is 19.1 Å². The zero-order chi connectivity index (χ0) is 13.5. The van der Waals surface area contributed by atoms with Crippen molar-refractivity contribution in [3.05, 3.63) is 41.7 Å². The van der Waals surface area contributed by atoms with Crippen molar-refractivity contribution in [2.24, 2.45) is 0 Å². The van der Waals surface area contributed by atoms with Gasteiger partial charge >= 0.3 is 0 Å². The molecule has 2 heteroatoms. The topological polar surface area (TPSA) is 18.5 Å². The van der Waals surface area contributed by atoms with Crippen LogP contribution in [-0.4, -0.2) is 13.2 Å². The number of ether oxygens (including phenoxy) is 2. The summed E-state index contributed by atoms with van der Waals surface area (Å²) >= 11 is 0. The molecule has 0 N–H and O–H groups in total. The van der Waals surface area contributed by atoms with Crippen LogP contribution in [0.5, 0.6) is 0 Å². The predicted molar refractivity (Wildman–Crippen MR) is 78.6 cm³/mol. The summed E-state index contributed by atoms with van der Waals surface area (Å²) in [7, 11) is 1.72. The Labute approximate surface area is 116 Å². The van der Waals surface area contributed by atoms with E-state index >= 15 is 0 Å². The minimum atomic E-state index is 0.373. The summed E-state index contributed by atoms with van der Waals surface area (Å²) in [5, 5.41) is 0. The smallest absolute Gasteiger partial charge is 0.163 e. The molecule has 0 radical (unpaired) electrons. The van der Waals surface area contributed by atoms with Crippen molar-refractivity contribution in [2.45, 2.75) is 51.6 Å². The third-order valence-electron chi connectivity index (χ3n) is 3.68. The maximum Gasteiger partial charge on any atom is 0.163 e. The zero-order valence-electron chi connectivity index (χ0n) is 12.0. The summed E-state index contributed by atoms with van der Waals surface area (Å²) in [5.41, 5.74) is 1.10. The van der Waals surface area contributed by atoms with Crippen LogP contribution >= 0.6 is 0 Å². The molecule has 0 unspecified atom stereocenters. The maximum absolute atomic E-state index is 6.20. The van der Waals surface area contributed by atoms with Crippen molar-refractivity contribution in [1.82, 2.24) is 0 Å². The molecule has 0 aliphatic heterocycles. The van der Waals surface area contributed by atoms with Crippen LogP contribution < -0.4 is 0 Å². The Bertz CT molecular complexity index is 403. The Morgan fingerprint density at radius 3 is 2.37 bits per heavy atom. The molecule has 2 nitrogen and oxygen atoms in total. The van der Waals surface area contributed by atoms with Crippen LogP contribution in [0.3, 0.4) is 0 Å². The summed E-state index contributed by atoms with van der Waals surface area (Å²) in [6, 6.07) is 10.2. The van der Waals surface area contributed by atoms with Gasteiger partial charge in [-0.1, -0.05) is 43.7 Å². The monoisotopic (exact) mass is 260 g/mol. The van der Waals surface area contributed by atoms with Gasteiger partial charge in [0.25, 0.3) is 0 Å². The van der Waals surface area contributed by atoms with Crippen LogP contribution in [-0.2, 0) is 9.47 Å². The molecule has 0 bridgehead atoms. The second-order valence-electron chi connectivity index (χ2n) is 5.05. The lowest BCUT2D eigenvalue weighted by atomic mass is 9.97. The van der Waals surface area contributed by atoms with Crippen LogP contribution in [0.25, 0.3) is 5.76 Å². The molecule has 0 heterocycles. The largest absolute Gasteiger partial charge is 0.493 e. The van der Waals surface area contributed by atoms with Crippen LogP contribution in [0.2, 0.25) is 0 Å². The third kappa shape index (κ3) is 3.76. The van der Waals surface area contributed by atoms with Gasteiger partial charge in [-0.3, -0.25) is 0 Å². The van der Waals surface area contributed by atoms with Crippen LogP contribution in [0.4, 0.5) is 0 Å². The third-order valence-corrected chi connectivity index (χ3v) is 3.68. The second-order valence-corrected chi connectivity index (χ2v) is 5.05. The standard InChI is InChI=1S/C17H24O2/c1-3-16(19-15-12-8-5-9-13-15)17(18-2)14-10-6-4-7-11-14/h4,6-7,10-11,15H,3,5,8-9,12-13H2,1-2H3. The van der Waals surface area contributed by atoms with E-state index < -0.39 is 0 Å². The first-order valence-corrected chi connectivity index (χ1v) is 7.34. The van der Waals surface area contributed by atoms with Gasteiger partial charge in [-0.15, -0.1) is 0 Å². The zero-order valence-corrected chi connectivity index (χ0v) is 12.0. The number of allylic oxidation sites excluding steroid dienone is 1. The van der Waals surface area contributed by atoms with Gasteiger partial charge in [-0.05, 0) is 25.7 Å². The van der Waals surface area contributed by atoms with Gasteiger partial charge in [0.2, 0.25) is 0 Å². The van der Waals surface area contributed by atoms with E-state index in [1.54, 1.807) is 7.11 Å². The van der Waals surface area contributed by atoms with E-state index in [4.69, 9.17) is 9.47 Å². The van der Waals surface area contributed by atoms with E-state index in [-0.39, 0.29) is 0 Å².